The highest BCUT2D eigenvalue weighted by Gasteiger charge is 2.14. The van der Waals surface area contributed by atoms with Crippen LogP contribution in [0.3, 0.4) is 0 Å². The maximum absolute atomic E-state index is 12.1. The first-order valence-corrected chi connectivity index (χ1v) is 6.55. The van der Waals surface area contributed by atoms with E-state index in [1.807, 2.05) is 30.3 Å². The average Bonchev–Trinajstić information content (AvgIpc) is 2.92. The van der Waals surface area contributed by atoms with Gasteiger partial charge >= 0.3 is 6.03 Å². The molecule has 1 heterocycles. The predicted octanol–water partition coefficient (Wildman–Crippen LogP) is 1.56. The van der Waals surface area contributed by atoms with Gasteiger partial charge in [-0.1, -0.05) is 34.8 Å². The molecule has 0 atom stereocenters. The van der Waals surface area contributed by atoms with E-state index in [9.17, 15) is 4.79 Å². The van der Waals surface area contributed by atoms with Gasteiger partial charge in [-0.05, 0) is 5.56 Å². The maximum atomic E-state index is 12.1. The first kappa shape index (κ1) is 13.4. The molecule has 2 N–H and O–H groups in total. The molecule has 2 amide bonds. The Bertz CT molecular complexity index is 504. The Labute approximate surface area is 114 Å². The minimum atomic E-state index is -0.274. The van der Waals surface area contributed by atoms with Gasteiger partial charge in [-0.25, -0.2) is 4.79 Å². The fourth-order valence-corrected chi connectivity index (χ4v) is 1.99. The van der Waals surface area contributed by atoms with Gasteiger partial charge in [0.2, 0.25) is 0 Å². The van der Waals surface area contributed by atoms with Gasteiger partial charge in [0.05, 0.1) is 12.8 Å². The number of nitrogens with one attached hydrogen (secondary N) is 1. The molecule has 100 valence electrons. The third kappa shape index (κ3) is 4.01. The molecule has 0 fully saturated rings. The molecule has 0 aliphatic rings. The van der Waals surface area contributed by atoms with Crippen LogP contribution in [0.5, 0.6) is 0 Å². The van der Waals surface area contributed by atoms with E-state index >= 15 is 0 Å². The first-order chi connectivity index (χ1) is 9.29. The summed E-state index contributed by atoms with van der Waals surface area (Å²) in [5, 5.41) is 16.0. The molecule has 6 nitrogen and oxygen atoms in total. The SMILES string of the molecule is O=C(Nc1cnns1)N(CCO)Cc1ccccc1. The molecule has 2 aromatic rings. The second-order valence-corrected chi connectivity index (χ2v) is 4.63. The number of amides is 2. The Morgan fingerprint density at radius 2 is 2.16 bits per heavy atom. The number of nitrogens with zero attached hydrogens (tertiary/aromatic N) is 3. The van der Waals surface area contributed by atoms with Crippen molar-refractivity contribution in [3.05, 3.63) is 42.1 Å². The summed E-state index contributed by atoms with van der Waals surface area (Å²) in [5.41, 5.74) is 1.01. The van der Waals surface area contributed by atoms with E-state index in [-0.39, 0.29) is 19.2 Å². The largest absolute Gasteiger partial charge is 0.395 e. The summed E-state index contributed by atoms with van der Waals surface area (Å²) in [4.78, 5) is 13.6. The molecular formula is C12H14N4O2S. The van der Waals surface area contributed by atoms with Crippen LogP contribution in [0, 0.1) is 0 Å². The molecule has 0 bridgehead atoms. The zero-order valence-corrected chi connectivity index (χ0v) is 11.0. The van der Waals surface area contributed by atoms with Crippen LogP contribution >= 0.6 is 11.5 Å². The van der Waals surface area contributed by atoms with E-state index in [2.05, 4.69) is 14.9 Å². The van der Waals surface area contributed by atoms with E-state index < -0.39 is 0 Å². The Morgan fingerprint density at radius 1 is 1.37 bits per heavy atom. The molecule has 0 saturated carbocycles. The van der Waals surface area contributed by atoms with Gasteiger partial charge in [-0.15, -0.1) is 5.10 Å². The lowest BCUT2D eigenvalue weighted by Crippen LogP contribution is -2.36. The number of carbonyl (C=O) groups is 1. The molecule has 0 aliphatic heterocycles. The van der Waals surface area contributed by atoms with E-state index in [4.69, 9.17) is 5.11 Å². The Kier molecular flexibility index (Phi) is 4.82. The summed E-state index contributed by atoms with van der Waals surface area (Å²) in [6.07, 6.45) is 1.49. The van der Waals surface area contributed by atoms with Crippen LogP contribution in [0.2, 0.25) is 0 Å². The monoisotopic (exact) mass is 278 g/mol. The quantitative estimate of drug-likeness (QED) is 0.870. The molecule has 0 radical (unpaired) electrons. The van der Waals surface area contributed by atoms with Gasteiger partial charge in [0.1, 0.15) is 5.00 Å². The smallest absolute Gasteiger partial charge is 0.322 e. The van der Waals surface area contributed by atoms with Crippen molar-refractivity contribution < 1.29 is 9.90 Å². The van der Waals surface area contributed by atoms with Gasteiger partial charge in [0, 0.05) is 24.6 Å². The van der Waals surface area contributed by atoms with Gasteiger partial charge in [0.15, 0.2) is 0 Å². The number of aliphatic hydroxyl groups is 1. The highest BCUT2D eigenvalue weighted by atomic mass is 32.1. The molecule has 0 aliphatic carbocycles. The van der Waals surface area contributed by atoms with Crippen LogP contribution < -0.4 is 5.32 Å². The van der Waals surface area contributed by atoms with Crippen molar-refractivity contribution in [2.75, 3.05) is 18.5 Å². The number of anilines is 1. The fraction of sp³-hybridized carbons (Fsp3) is 0.250. The zero-order valence-electron chi connectivity index (χ0n) is 10.2. The summed E-state index contributed by atoms with van der Waals surface area (Å²) in [7, 11) is 0. The predicted molar refractivity (Wildman–Crippen MR) is 72.9 cm³/mol. The van der Waals surface area contributed by atoms with Crippen LogP contribution in [-0.2, 0) is 6.54 Å². The van der Waals surface area contributed by atoms with Crippen molar-refractivity contribution >= 4 is 22.6 Å². The van der Waals surface area contributed by atoms with Crippen molar-refractivity contribution in [2.24, 2.45) is 0 Å². The molecule has 0 saturated heterocycles. The number of rotatable bonds is 5. The van der Waals surface area contributed by atoms with Crippen LogP contribution in [0.1, 0.15) is 5.56 Å². The number of hydrogen-bond donors (Lipinski definition) is 2. The molecule has 1 aromatic carbocycles. The number of urea groups is 1. The maximum Gasteiger partial charge on any atom is 0.322 e. The lowest BCUT2D eigenvalue weighted by Gasteiger charge is -2.21. The third-order valence-electron chi connectivity index (χ3n) is 2.46. The lowest BCUT2D eigenvalue weighted by molar-refractivity contribution is 0.185. The third-order valence-corrected chi connectivity index (χ3v) is 3.04. The van der Waals surface area contributed by atoms with Crippen LogP contribution in [-0.4, -0.2) is 38.8 Å². The zero-order chi connectivity index (χ0) is 13.5. The van der Waals surface area contributed by atoms with Crippen molar-refractivity contribution in [1.82, 2.24) is 14.5 Å². The van der Waals surface area contributed by atoms with Gasteiger partial charge in [-0.2, -0.15) is 0 Å². The Morgan fingerprint density at radius 3 is 2.79 bits per heavy atom. The standard InChI is InChI=1S/C12H14N4O2S/c17-7-6-16(9-10-4-2-1-3-5-10)12(18)14-11-8-13-15-19-11/h1-5,8,17H,6-7,9H2,(H,14,18). The van der Waals surface area contributed by atoms with Gasteiger partial charge in [-0.3, -0.25) is 5.32 Å². The lowest BCUT2D eigenvalue weighted by atomic mass is 10.2. The average molecular weight is 278 g/mol. The molecule has 19 heavy (non-hydrogen) atoms. The number of aliphatic hydroxyl groups excluding tert-OH is 1. The first-order valence-electron chi connectivity index (χ1n) is 5.77. The van der Waals surface area contributed by atoms with Crippen molar-refractivity contribution in [1.29, 1.82) is 0 Å². The number of benzene rings is 1. The minimum absolute atomic E-state index is 0.0821. The van der Waals surface area contributed by atoms with Crippen molar-refractivity contribution in [3.63, 3.8) is 0 Å². The van der Waals surface area contributed by atoms with E-state index in [1.54, 1.807) is 0 Å². The number of hydrogen-bond acceptors (Lipinski definition) is 5. The van der Waals surface area contributed by atoms with Gasteiger partial charge in [0.25, 0.3) is 0 Å². The van der Waals surface area contributed by atoms with E-state index in [1.165, 1.54) is 11.1 Å². The topological polar surface area (TPSA) is 78.4 Å². The van der Waals surface area contributed by atoms with Crippen LogP contribution in [0.15, 0.2) is 36.5 Å². The second kappa shape index (κ2) is 6.81. The summed E-state index contributed by atoms with van der Waals surface area (Å²) >= 11 is 1.11. The van der Waals surface area contributed by atoms with Crippen molar-refractivity contribution in [3.8, 4) is 0 Å². The molecule has 0 spiro atoms. The number of carbonyl (C=O) groups excluding carboxylic acids is 1. The number of aromatic nitrogens is 2. The summed E-state index contributed by atoms with van der Waals surface area (Å²) in [6.45, 7) is 0.633. The molecule has 1 aromatic heterocycles. The van der Waals surface area contributed by atoms with E-state index in [0.29, 0.717) is 11.5 Å². The minimum Gasteiger partial charge on any atom is -0.395 e. The molecule has 2 rings (SSSR count). The molecule has 7 heteroatoms. The summed E-state index contributed by atoms with van der Waals surface area (Å²) < 4.78 is 3.67. The Balaban J connectivity index is 2.00. The summed E-state index contributed by atoms with van der Waals surface area (Å²) in [5.74, 6) is 0. The van der Waals surface area contributed by atoms with Crippen LogP contribution in [0.4, 0.5) is 9.80 Å². The normalized spacial score (nSPS) is 10.2. The Hall–Kier alpha value is -1.99. The van der Waals surface area contributed by atoms with Crippen LogP contribution in [0.25, 0.3) is 0 Å². The molecular weight excluding hydrogens is 264 g/mol. The molecule has 0 unspecified atom stereocenters. The van der Waals surface area contributed by atoms with E-state index in [0.717, 1.165) is 17.1 Å². The highest BCUT2D eigenvalue weighted by Crippen LogP contribution is 2.11. The fourth-order valence-electron chi connectivity index (χ4n) is 1.58. The van der Waals surface area contributed by atoms with Gasteiger partial charge < -0.3 is 10.0 Å². The highest BCUT2D eigenvalue weighted by molar-refractivity contribution is 7.10. The van der Waals surface area contributed by atoms with Crippen molar-refractivity contribution in [2.45, 2.75) is 6.54 Å². The second-order valence-electron chi connectivity index (χ2n) is 3.84. The summed E-state index contributed by atoms with van der Waals surface area (Å²) in [6, 6.07) is 9.35.